The summed E-state index contributed by atoms with van der Waals surface area (Å²) in [5.74, 6) is 0. The van der Waals surface area contributed by atoms with Crippen LogP contribution in [-0.2, 0) is 0 Å². The summed E-state index contributed by atoms with van der Waals surface area (Å²) in [6, 6.07) is 3.39. The first kappa shape index (κ1) is 10.0. The van der Waals surface area contributed by atoms with E-state index < -0.39 is 6.10 Å². The molecule has 0 aliphatic heterocycles. The van der Waals surface area contributed by atoms with Crippen LogP contribution in [0.15, 0.2) is 30.7 Å². The fourth-order valence-corrected chi connectivity index (χ4v) is 1.45. The third-order valence-electron chi connectivity index (χ3n) is 2.34. The third-order valence-corrected chi connectivity index (χ3v) is 2.34. The Kier molecular flexibility index (Phi) is 2.62. The molecule has 4 nitrogen and oxygen atoms in total. The van der Waals surface area contributed by atoms with E-state index in [1.807, 2.05) is 12.1 Å². The predicted molar refractivity (Wildman–Crippen MR) is 58.1 cm³/mol. The average Bonchev–Trinajstić information content (AvgIpc) is 2.27. The zero-order chi connectivity index (χ0) is 10.8. The fourth-order valence-electron chi connectivity index (χ4n) is 1.45. The molecule has 2 unspecified atom stereocenters. The largest absolute Gasteiger partial charge is 0.387 e. The molecule has 0 aliphatic carbocycles. The Morgan fingerprint density at radius 2 is 2.20 bits per heavy atom. The Bertz CT molecular complexity index is 470. The van der Waals surface area contributed by atoms with Gasteiger partial charge in [-0.2, -0.15) is 0 Å². The molecule has 0 aromatic carbocycles. The van der Waals surface area contributed by atoms with Gasteiger partial charge >= 0.3 is 0 Å². The molecule has 2 atom stereocenters. The SMILES string of the molecule is CC(N)C(O)c1cnc2ccncc2c1. The number of pyridine rings is 2. The first-order valence-corrected chi connectivity index (χ1v) is 4.82. The van der Waals surface area contributed by atoms with Gasteiger partial charge in [-0.3, -0.25) is 9.97 Å². The summed E-state index contributed by atoms with van der Waals surface area (Å²) in [7, 11) is 0. The minimum Gasteiger partial charge on any atom is -0.387 e. The topological polar surface area (TPSA) is 72.0 Å². The van der Waals surface area contributed by atoms with Crippen molar-refractivity contribution in [2.75, 3.05) is 0 Å². The van der Waals surface area contributed by atoms with Crippen molar-refractivity contribution in [2.45, 2.75) is 19.1 Å². The number of hydrogen-bond donors (Lipinski definition) is 2. The number of aliphatic hydroxyl groups is 1. The van der Waals surface area contributed by atoms with Crippen molar-refractivity contribution in [2.24, 2.45) is 5.73 Å². The van der Waals surface area contributed by atoms with Gasteiger partial charge in [0.25, 0.3) is 0 Å². The van der Waals surface area contributed by atoms with Crippen molar-refractivity contribution >= 4 is 10.9 Å². The molecule has 0 saturated heterocycles. The molecule has 3 N–H and O–H groups in total. The fraction of sp³-hybridized carbons (Fsp3) is 0.273. The molecule has 0 saturated carbocycles. The lowest BCUT2D eigenvalue weighted by Crippen LogP contribution is -2.24. The van der Waals surface area contributed by atoms with Crippen LogP contribution in [0.25, 0.3) is 10.9 Å². The highest BCUT2D eigenvalue weighted by Crippen LogP contribution is 2.18. The molecule has 4 heteroatoms. The zero-order valence-corrected chi connectivity index (χ0v) is 8.46. The highest BCUT2D eigenvalue weighted by atomic mass is 16.3. The number of rotatable bonds is 2. The van der Waals surface area contributed by atoms with Crippen LogP contribution in [0.4, 0.5) is 0 Å². The molecular weight excluding hydrogens is 190 g/mol. The highest BCUT2D eigenvalue weighted by molar-refractivity contribution is 5.77. The molecule has 0 spiro atoms. The molecule has 0 fully saturated rings. The van der Waals surface area contributed by atoms with Gasteiger partial charge < -0.3 is 10.8 Å². The monoisotopic (exact) mass is 203 g/mol. The summed E-state index contributed by atoms with van der Waals surface area (Å²) < 4.78 is 0. The number of fused-ring (bicyclic) bond motifs is 1. The number of nitrogens with zero attached hydrogens (tertiary/aromatic N) is 2. The Labute approximate surface area is 87.8 Å². The van der Waals surface area contributed by atoms with E-state index in [2.05, 4.69) is 9.97 Å². The normalized spacial score (nSPS) is 15.1. The second kappa shape index (κ2) is 3.92. The van der Waals surface area contributed by atoms with E-state index in [1.54, 1.807) is 25.5 Å². The molecule has 0 radical (unpaired) electrons. The smallest absolute Gasteiger partial charge is 0.0953 e. The first-order chi connectivity index (χ1) is 7.18. The molecule has 78 valence electrons. The van der Waals surface area contributed by atoms with Crippen LogP contribution in [0.3, 0.4) is 0 Å². The second-order valence-electron chi connectivity index (χ2n) is 3.64. The Balaban J connectivity index is 2.47. The van der Waals surface area contributed by atoms with E-state index in [1.165, 1.54) is 0 Å². The van der Waals surface area contributed by atoms with Gasteiger partial charge in [0.05, 0.1) is 11.6 Å². The molecule has 0 aliphatic rings. The van der Waals surface area contributed by atoms with Gasteiger partial charge in [-0.1, -0.05) is 0 Å². The van der Waals surface area contributed by atoms with Crippen molar-refractivity contribution in [3.8, 4) is 0 Å². The molecule has 2 aromatic rings. The van der Waals surface area contributed by atoms with Crippen LogP contribution in [0.5, 0.6) is 0 Å². The number of aliphatic hydroxyl groups excluding tert-OH is 1. The van der Waals surface area contributed by atoms with Gasteiger partial charge in [0.15, 0.2) is 0 Å². The van der Waals surface area contributed by atoms with Crippen molar-refractivity contribution in [3.63, 3.8) is 0 Å². The van der Waals surface area contributed by atoms with E-state index in [4.69, 9.17) is 5.73 Å². The Hall–Kier alpha value is -1.52. The second-order valence-corrected chi connectivity index (χ2v) is 3.64. The maximum absolute atomic E-state index is 9.77. The summed E-state index contributed by atoms with van der Waals surface area (Å²) in [5, 5.41) is 10.7. The summed E-state index contributed by atoms with van der Waals surface area (Å²) >= 11 is 0. The van der Waals surface area contributed by atoms with Gasteiger partial charge in [0.2, 0.25) is 0 Å². The summed E-state index contributed by atoms with van der Waals surface area (Å²) in [4.78, 5) is 8.23. The van der Waals surface area contributed by atoms with Gasteiger partial charge in [-0.15, -0.1) is 0 Å². The molecule has 2 aromatic heterocycles. The summed E-state index contributed by atoms with van der Waals surface area (Å²) in [5.41, 5.74) is 7.21. The van der Waals surface area contributed by atoms with E-state index in [0.717, 1.165) is 16.5 Å². The zero-order valence-electron chi connectivity index (χ0n) is 8.46. The quantitative estimate of drug-likeness (QED) is 0.764. The standard InChI is InChI=1S/C11H13N3O/c1-7(12)11(15)9-4-8-5-13-3-2-10(8)14-6-9/h2-7,11,15H,12H2,1H3. The minimum absolute atomic E-state index is 0.305. The number of nitrogens with two attached hydrogens (primary N) is 1. The lowest BCUT2D eigenvalue weighted by atomic mass is 10.1. The molecule has 15 heavy (non-hydrogen) atoms. The number of hydrogen-bond acceptors (Lipinski definition) is 4. The highest BCUT2D eigenvalue weighted by Gasteiger charge is 2.12. The van der Waals surface area contributed by atoms with E-state index >= 15 is 0 Å². The molecule has 0 amide bonds. The third kappa shape index (κ3) is 1.95. The Morgan fingerprint density at radius 3 is 2.93 bits per heavy atom. The van der Waals surface area contributed by atoms with Crippen molar-refractivity contribution in [3.05, 3.63) is 36.3 Å². The Morgan fingerprint density at radius 1 is 1.40 bits per heavy atom. The molecule has 0 bridgehead atoms. The average molecular weight is 203 g/mol. The molecule has 2 rings (SSSR count). The van der Waals surface area contributed by atoms with Gasteiger partial charge in [-0.25, -0.2) is 0 Å². The van der Waals surface area contributed by atoms with E-state index in [0.29, 0.717) is 0 Å². The van der Waals surface area contributed by atoms with Crippen LogP contribution in [0, 0.1) is 0 Å². The lowest BCUT2D eigenvalue weighted by molar-refractivity contribution is 0.153. The lowest BCUT2D eigenvalue weighted by Gasteiger charge is -2.14. The van der Waals surface area contributed by atoms with E-state index in [9.17, 15) is 5.11 Å². The van der Waals surface area contributed by atoms with Crippen molar-refractivity contribution in [1.82, 2.24) is 9.97 Å². The van der Waals surface area contributed by atoms with Crippen LogP contribution in [0.1, 0.15) is 18.6 Å². The van der Waals surface area contributed by atoms with Crippen molar-refractivity contribution < 1.29 is 5.11 Å². The van der Waals surface area contributed by atoms with Crippen LogP contribution < -0.4 is 5.73 Å². The van der Waals surface area contributed by atoms with Gasteiger partial charge in [-0.05, 0) is 19.1 Å². The van der Waals surface area contributed by atoms with Gasteiger partial charge in [0.1, 0.15) is 0 Å². The van der Waals surface area contributed by atoms with E-state index in [-0.39, 0.29) is 6.04 Å². The molecular formula is C11H13N3O. The first-order valence-electron chi connectivity index (χ1n) is 4.82. The predicted octanol–water partition coefficient (Wildman–Crippen LogP) is 1.01. The van der Waals surface area contributed by atoms with Crippen LogP contribution >= 0.6 is 0 Å². The van der Waals surface area contributed by atoms with Crippen LogP contribution in [0.2, 0.25) is 0 Å². The van der Waals surface area contributed by atoms with Gasteiger partial charge in [0, 0.05) is 35.6 Å². The maximum atomic E-state index is 9.77. The summed E-state index contributed by atoms with van der Waals surface area (Å²) in [6.07, 6.45) is 4.38. The minimum atomic E-state index is -0.679. The summed E-state index contributed by atoms with van der Waals surface area (Å²) in [6.45, 7) is 1.76. The molecule has 2 heterocycles. The van der Waals surface area contributed by atoms with Crippen molar-refractivity contribution in [1.29, 1.82) is 0 Å². The maximum Gasteiger partial charge on any atom is 0.0953 e. The van der Waals surface area contributed by atoms with Crippen LogP contribution in [-0.4, -0.2) is 21.1 Å². The number of aromatic nitrogens is 2.